The van der Waals surface area contributed by atoms with Crippen LogP contribution in [0.1, 0.15) is 19.7 Å². The van der Waals surface area contributed by atoms with Crippen molar-refractivity contribution in [3.63, 3.8) is 0 Å². The number of aromatic nitrogens is 4. The molecule has 0 fully saturated rings. The summed E-state index contributed by atoms with van der Waals surface area (Å²) in [6.45, 7) is 4.50. The second-order valence-electron chi connectivity index (χ2n) is 7.84. The van der Waals surface area contributed by atoms with Gasteiger partial charge in [-0.25, -0.2) is 9.97 Å². The standard InChI is InChI=1S/C22H25N5O2/c1-22(2,28)13-27-18(8-10-29-3)26-19-20(27)16-7-6-14(11-17(16)25-21(19)23)15-5-4-9-24-12-15/h4-7,9,11-12,28H,8,10,13H2,1-3H3,(H2,23,25). The molecule has 3 aromatic heterocycles. The number of hydrogen-bond acceptors (Lipinski definition) is 6. The third-order valence-electron chi connectivity index (χ3n) is 4.85. The Morgan fingerprint density at radius 3 is 2.69 bits per heavy atom. The Kier molecular flexibility index (Phi) is 4.94. The van der Waals surface area contributed by atoms with E-state index in [2.05, 4.69) is 9.97 Å². The minimum Gasteiger partial charge on any atom is -0.389 e. The number of nitrogens with two attached hydrogens (primary N) is 1. The quantitative estimate of drug-likeness (QED) is 0.524. The minimum atomic E-state index is -0.907. The van der Waals surface area contributed by atoms with Crippen LogP contribution in [0, 0.1) is 0 Å². The highest BCUT2D eigenvalue weighted by Gasteiger charge is 2.22. The predicted octanol–water partition coefficient (Wildman–Crippen LogP) is 3.19. The lowest BCUT2D eigenvalue weighted by Gasteiger charge is -2.20. The maximum Gasteiger partial charge on any atom is 0.152 e. The van der Waals surface area contributed by atoms with Gasteiger partial charge in [-0.3, -0.25) is 4.98 Å². The van der Waals surface area contributed by atoms with Crippen molar-refractivity contribution < 1.29 is 9.84 Å². The first kappa shape index (κ1) is 19.3. The summed E-state index contributed by atoms with van der Waals surface area (Å²) in [5.74, 6) is 1.20. The van der Waals surface area contributed by atoms with E-state index in [1.165, 1.54) is 0 Å². The van der Waals surface area contributed by atoms with Crippen LogP contribution in [0.5, 0.6) is 0 Å². The van der Waals surface area contributed by atoms with Crippen LogP contribution in [0.4, 0.5) is 5.82 Å². The molecule has 0 unspecified atom stereocenters. The highest BCUT2D eigenvalue weighted by atomic mass is 16.5. The number of nitrogen functional groups attached to an aromatic ring is 1. The van der Waals surface area contributed by atoms with E-state index in [1.54, 1.807) is 27.2 Å². The summed E-state index contributed by atoms with van der Waals surface area (Å²) in [5, 5.41) is 11.4. The zero-order valence-electron chi connectivity index (χ0n) is 16.9. The number of aliphatic hydroxyl groups is 1. The van der Waals surface area contributed by atoms with Crippen LogP contribution >= 0.6 is 0 Å². The fourth-order valence-corrected chi connectivity index (χ4v) is 3.61. The van der Waals surface area contributed by atoms with Gasteiger partial charge in [0.15, 0.2) is 5.82 Å². The first-order chi connectivity index (χ1) is 13.9. The van der Waals surface area contributed by atoms with Crippen molar-refractivity contribution >= 4 is 27.8 Å². The summed E-state index contributed by atoms with van der Waals surface area (Å²) in [6, 6.07) is 10.0. The molecule has 1 aromatic carbocycles. The van der Waals surface area contributed by atoms with Crippen molar-refractivity contribution in [3.05, 3.63) is 48.5 Å². The van der Waals surface area contributed by atoms with Gasteiger partial charge < -0.3 is 20.1 Å². The molecule has 7 nitrogen and oxygen atoms in total. The molecular formula is C22H25N5O2. The van der Waals surface area contributed by atoms with E-state index in [-0.39, 0.29) is 0 Å². The molecule has 3 N–H and O–H groups in total. The average molecular weight is 391 g/mol. The molecule has 7 heteroatoms. The summed E-state index contributed by atoms with van der Waals surface area (Å²) in [4.78, 5) is 13.5. The Balaban J connectivity index is 1.96. The van der Waals surface area contributed by atoms with Gasteiger partial charge in [-0.15, -0.1) is 0 Å². The van der Waals surface area contributed by atoms with E-state index in [0.29, 0.717) is 30.9 Å². The minimum absolute atomic E-state index is 0.379. The van der Waals surface area contributed by atoms with E-state index < -0.39 is 5.60 Å². The molecule has 4 aromatic rings. The normalized spacial score (nSPS) is 12.1. The number of benzene rings is 1. The van der Waals surface area contributed by atoms with Crippen molar-refractivity contribution in [2.45, 2.75) is 32.4 Å². The van der Waals surface area contributed by atoms with Gasteiger partial charge in [0.25, 0.3) is 0 Å². The maximum atomic E-state index is 10.5. The summed E-state index contributed by atoms with van der Waals surface area (Å²) in [6.07, 6.45) is 4.20. The van der Waals surface area contributed by atoms with Crippen LogP contribution in [0.15, 0.2) is 42.7 Å². The van der Waals surface area contributed by atoms with Crippen molar-refractivity contribution in [1.82, 2.24) is 19.5 Å². The average Bonchev–Trinajstić information content (AvgIpc) is 3.04. The number of methoxy groups -OCH3 is 1. The highest BCUT2D eigenvalue weighted by molar-refractivity contribution is 6.07. The van der Waals surface area contributed by atoms with Crippen LogP contribution in [0.3, 0.4) is 0 Å². The smallest absolute Gasteiger partial charge is 0.152 e. The van der Waals surface area contributed by atoms with Gasteiger partial charge in [0, 0.05) is 36.9 Å². The van der Waals surface area contributed by atoms with E-state index in [1.807, 2.05) is 41.1 Å². The molecule has 150 valence electrons. The SMILES string of the molecule is COCCc1nc2c(N)nc3cc(-c4cccnc4)ccc3c2n1CC(C)(C)O. The van der Waals surface area contributed by atoms with E-state index in [4.69, 9.17) is 15.5 Å². The van der Waals surface area contributed by atoms with Crippen LogP contribution in [-0.4, -0.2) is 43.9 Å². The summed E-state index contributed by atoms with van der Waals surface area (Å²) in [7, 11) is 1.66. The first-order valence-electron chi connectivity index (χ1n) is 9.57. The Labute approximate surface area is 169 Å². The third kappa shape index (κ3) is 3.79. The molecule has 29 heavy (non-hydrogen) atoms. The molecule has 0 aliphatic carbocycles. The Bertz CT molecular complexity index is 1160. The van der Waals surface area contributed by atoms with Gasteiger partial charge in [0.2, 0.25) is 0 Å². The van der Waals surface area contributed by atoms with E-state index in [0.717, 1.165) is 33.4 Å². The topological polar surface area (TPSA) is 99.1 Å². The summed E-state index contributed by atoms with van der Waals surface area (Å²) < 4.78 is 7.28. The van der Waals surface area contributed by atoms with Gasteiger partial charge >= 0.3 is 0 Å². The fraction of sp³-hybridized carbons (Fsp3) is 0.318. The molecule has 0 aliphatic heterocycles. The summed E-state index contributed by atoms with van der Waals surface area (Å²) >= 11 is 0. The van der Waals surface area contributed by atoms with Crippen LogP contribution in [0.2, 0.25) is 0 Å². The number of nitrogens with zero attached hydrogens (tertiary/aromatic N) is 4. The monoisotopic (exact) mass is 391 g/mol. The molecule has 0 spiro atoms. The molecule has 0 bridgehead atoms. The molecule has 0 saturated carbocycles. The number of anilines is 1. The molecule has 0 amide bonds. The Morgan fingerprint density at radius 1 is 1.17 bits per heavy atom. The van der Waals surface area contributed by atoms with Crippen LogP contribution < -0.4 is 5.73 Å². The van der Waals surface area contributed by atoms with Gasteiger partial charge in [-0.05, 0) is 31.5 Å². The second kappa shape index (κ2) is 7.42. The number of imidazole rings is 1. The van der Waals surface area contributed by atoms with Gasteiger partial charge in [0.05, 0.1) is 29.8 Å². The molecule has 0 atom stereocenters. The third-order valence-corrected chi connectivity index (χ3v) is 4.85. The molecule has 0 saturated heterocycles. The van der Waals surface area contributed by atoms with Gasteiger partial charge in [0.1, 0.15) is 11.3 Å². The lowest BCUT2D eigenvalue weighted by Crippen LogP contribution is -2.27. The Hall–Kier alpha value is -3.03. The van der Waals surface area contributed by atoms with E-state index >= 15 is 0 Å². The number of fused-ring (bicyclic) bond motifs is 3. The fourth-order valence-electron chi connectivity index (χ4n) is 3.61. The zero-order valence-corrected chi connectivity index (χ0v) is 16.9. The number of ether oxygens (including phenoxy) is 1. The number of rotatable bonds is 6. The molecule has 3 heterocycles. The molecular weight excluding hydrogens is 366 g/mol. The van der Waals surface area contributed by atoms with Crippen molar-refractivity contribution in [2.24, 2.45) is 0 Å². The van der Waals surface area contributed by atoms with Gasteiger partial charge in [-0.2, -0.15) is 0 Å². The van der Waals surface area contributed by atoms with E-state index in [9.17, 15) is 5.11 Å². The van der Waals surface area contributed by atoms with Crippen molar-refractivity contribution in [3.8, 4) is 11.1 Å². The van der Waals surface area contributed by atoms with Gasteiger partial charge in [-0.1, -0.05) is 18.2 Å². The molecule has 0 radical (unpaired) electrons. The Morgan fingerprint density at radius 2 is 2.00 bits per heavy atom. The zero-order chi connectivity index (χ0) is 20.6. The lowest BCUT2D eigenvalue weighted by molar-refractivity contribution is 0.0615. The molecule has 0 aliphatic rings. The van der Waals surface area contributed by atoms with Crippen LogP contribution in [-0.2, 0) is 17.7 Å². The highest BCUT2D eigenvalue weighted by Crippen LogP contribution is 2.32. The second-order valence-corrected chi connectivity index (χ2v) is 7.84. The summed E-state index contributed by atoms with van der Waals surface area (Å²) in [5.41, 5.74) is 9.74. The van der Waals surface area contributed by atoms with Crippen LogP contribution in [0.25, 0.3) is 33.1 Å². The predicted molar refractivity (Wildman–Crippen MR) is 115 cm³/mol. The maximum absolute atomic E-state index is 10.5. The largest absolute Gasteiger partial charge is 0.389 e. The molecule has 4 rings (SSSR count). The first-order valence-corrected chi connectivity index (χ1v) is 9.57. The van der Waals surface area contributed by atoms with Crippen molar-refractivity contribution in [2.75, 3.05) is 19.5 Å². The van der Waals surface area contributed by atoms with Crippen molar-refractivity contribution in [1.29, 1.82) is 0 Å². The lowest BCUT2D eigenvalue weighted by atomic mass is 10.0. The number of hydrogen-bond donors (Lipinski definition) is 2. The number of pyridine rings is 2.